The molecular formula is C21H22F2O2. The van der Waals surface area contributed by atoms with E-state index in [1.165, 1.54) is 62.1 Å². The maximum atomic E-state index is 14.3. The summed E-state index contributed by atoms with van der Waals surface area (Å²) in [6.45, 7) is 2.28. The van der Waals surface area contributed by atoms with Crippen LogP contribution >= 0.6 is 0 Å². The minimum absolute atomic E-state index is 0.102. The van der Waals surface area contributed by atoms with Gasteiger partial charge in [0.2, 0.25) is 0 Å². The minimum atomic E-state index is -0.701. The number of carbonyl (C=O) groups excluding carboxylic acids is 1. The van der Waals surface area contributed by atoms with Gasteiger partial charge in [-0.05, 0) is 73.1 Å². The van der Waals surface area contributed by atoms with E-state index in [0.717, 1.165) is 17.9 Å². The molecule has 1 aliphatic rings. The molecule has 1 aliphatic carbocycles. The van der Waals surface area contributed by atoms with Gasteiger partial charge in [-0.1, -0.05) is 25.8 Å². The third-order valence-electron chi connectivity index (χ3n) is 4.94. The Hall–Kier alpha value is -2.23. The highest BCUT2D eigenvalue weighted by atomic mass is 19.1. The molecule has 0 aliphatic heterocycles. The zero-order chi connectivity index (χ0) is 17.8. The smallest absolute Gasteiger partial charge is 0.343 e. The van der Waals surface area contributed by atoms with Crippen LogP contribution < -0.4 is 4.74 Å². The third-order valence-corrected chi connectivity index (χ3v) is 4.94. The molecule has 0 aromatic heterocycles. The lowest BCUT2D eigenvalue weighted by atomic mass is 9.80. The van der Waals surface area contributed by atoms with Crippen molar-refractivity contribution in [3.8, 4) is 5.75 Å². The SMILES string of the molecule is CC1CCC(Cc2ccc(OC(=O)c3ccc(F)cc3)c(F)c2)CC1. The number of carbonyl (C=O) groups is 1. The lowest BCUT2D eigenvalue weighted by molar-refractivity contribution is 0.0727. The normalized spacial score (nSPS) is 20.3. The molecule has 0 radical (unpaired) electrons. The lowest BCUT2D eigenvalue weighted by Gasteiger charge is -2.26. The number of hydrogen-bond acceptors (Lipinski definition) is 2. The topological polar surface area (TPSA) is 26.3 Å². The summed E-state index contributed by atoms with van der Waals surface area (Å²) in [5.74, 6) is -0.394. The predicted molar refractivity (Wildman–Crippen MR) is 92.6 cm³/mol. The Morgan fingerprint density at radius 1 is 1.04 bits per heavy atom. The van der Waals surface area contributed by atoms with E-state index in [2.05, 4.69) is 6.92 Å². The van der Waals surface area contributed by atoms with Gasteiger partial charge >= 0.3 is 5.97 Å². The van der Waals surface area contributed by atoms with Gasteiger partial charge in [-0.2, -0.15) is 0 Å². The summed E-state index contributed by atoms with van der Waals surface area (Å²) in [4.78, 5) is 12.0. The molecule has 0 bridgehead atoms. The zero-order valence-electron chi connectivity index (χ0n) is 14.3. The Labute approximate surface area is 146 Å². The van der Waals surface area contributed by atoms with Crippen LogP contribution in [0.2, 0.25) is 0 Å². The molecule has 4 heteroatoms. The van der Waals surface area contributed by atoms with Crippen LogP contribution in [0.5, 0.6) is 5.75 Å². The summed E-state index contributed by atoms with van der Waals surface area (Å²) in [5.41, 5.74) is 1.11. The minimum Gasteiger partial charge on any atom is -0.420 e. The van der Waals surface area contributed by atoms with E-state index < -0.39 is 17.6 Å². The predicted octanol–water partition coefficient (Wildman–Crippen LogP) is 5.55. The van der Waals surface area contributed by atoms with Crippen LogP contribution in [-0.4, -0.2) is 5.97 Å². The van der Waals surface area contributed by atoms with Crippen molar-refractivity contribution in [2.75, 3.05) is 0 Å². The number of hydrogen-bond donors (Lipinski definition) is 0. The van der Waals surface area contributed by atoms with Gasteiger partial charge in [0.25, 0.3) is 0 Å². The first-order valence-corrected chi connectivity index (χ1v) is 8.77. The van der Waals surface area contributed by atoms with Crippen LogP contribution in [-0.2, 0) is 6.42 Å². The molecule has 0 N–H and O–H groups in total. The number of halogens is 2. The molecule has 132 valence electrons. The van der Waals surface area contributed by atoms with E-state index >= 15 is 0 Å². The monoisotopic (exact) mass is 344 g/mol. The summed E-state index contributed by atoms with van der Waals surface area (Å²) in [5, 5.41) is 0. The Balaban J connectivity index is 1.63. The average Bonchev–Trinajstić information content (AvgIpc) is 2.60. The number of ether oxygens (including phenoxy) is 1. The van der Waals surface area contributed by atoms with E-state index in [0.29, 0.717) is 5.92 Å². The molecule has 3 rings (SSSR count). The van der Waals surface area contributed by atoms with E-state index in [1.54, 1.807) is 0 Å². The highest BCUT2D eigenvalue weighted by molar-refractivity contribution is 5.91. The fraction of sp³-hybridized carbons (Fsp3) is 0.381. The van der Waals surface area contributed by atoms with Crippen LogP contribution in [0.1, 0.15) is 48.5 Å². The average molecular weight is 344 g/mol. The van der Waals surface area contributed by atoms with Gasteiger partial charge in [-0.3, -0.25) is 0 Å². The van der Waals surface area contributed by atoms with Gasteiger partial charge in [0.15, 0.2) is 11.6 Å². The molecule has 2 aromatic rings. The summed E-state index contributed by atoms with van der Waals surface area (Å²) < 4.78 is 32.3. The molecule has 2 aromatic carbocycles. The van der Waals surface area contributed by atoms with Crippen molar-refractivity contribution in [3.05, 3.63) is 65.2 Å². The highest BCUT2D eigenvalue weighted by Gasteiger charge is 2.19. The van der Waals surface area contributed by atoms with Crippen LogP contribution in [0.4, 0.5) is 8.78 Å². The summed E-state index contributed by atoms with van der Waals surface area (Å²) in [6.07, 6.45) is 5.70. The molecule has 0 amide bonds. The second-order valence-corrected chi connectivity index (χ2v) is 6.99. The standard InChI is InChI=1S/C21H22F2O2/c1-14-2-4-15(5-3-14)12-16-6-11-20(19(23)13-16)25-21(24)17-7-9-18(22)10-8-17/h6-11,13-15H,2-5,12H2,1H3. The molecule has 0 unspecified atom stereocenters. The van der Waals surface area contributed by atoms with Crippen molar-refractivity contribution in [3.63, 3.8) is 0 Å². The number of esters is 1. The highest BCUT2D eigenvalue weighted by Crippen LogP contribution is 2.31. The summed E-state index contributed by atoms with van der Waals surface area (Å²) in [6, 6.07) is 9.72. The van der Waals surface area contributed by atoms with Crippen LogP contribution in [0.25, 0.3) is 0 Å². The molecule has 0 spiro atoms. The van der Waals surface area contributed by atoms with Crippen LogP contribution in [0, 0.1) is 23.5 Å². The summed E-state index contributed by atoms with van der Waals surface area (Å²) >= 11 is 0. The first-order chi connectivity index (χ1) is 12.0. The second-order valence-electron chi connectivity index (χ2n) is 6.99. The Morgan fingerprint density at radius 2 is 1.72 bits per heavy atom. The lowest BCUT2D eigenvalue weighted by Crippen LogP contribution is -2.14. The number of benzene rings is 2. The van der Waals surface area contributed by atoms with Crippen molar-refractivity contribution >= 4 is 5.97 Å². The first kappa shape index (κ1) is 17.6. The van der Waals surface area contributed by atoms with Gasteiger partial charge in [0, 0.05) is 0 Å². The second kappa shape index (κ2) is 7.77. The Kier molecular flexibility index (Phi) is 5.47. The molecule has 25 heavy (non-hydrogen) atoms. The molecule has 0 atom stereocenters. The van der Waals surface area contributed by atoms with Gasteiger partial charge < -0.3 is 4.74 Å². The first-order valence-electron chi connectivity index (χ1n) is 8.77. The molecule has 1 fully saturated rings. The van der Waals surface area contributed by atoms with Crippen LogP contribution in [0.3, 0.4) is 0 Å². The fourth-order valence-electron chi connectivity index (χ4n) is 3.37. The molecule has 0 saturated heterocycles. The van der Waals surface area contributed by atoms with E-state index in [9.17, 15) is 13.6 Å². The maximum Gasteiger partial charge on any atom is 0.343 e. The van der Waals surface area contributed by atoms with Crippen molar-refractivity contribution in [2.24, 2.45) is 11.8 Å². The molecule has 1 saturated carbocycles. The van der Waals surface area contributed by atoms with Crippen molar-refractivity contribution < 1.29 is 18.3 Å². The molecule has 0 heterocycles. The van der Waals surface area contributed by atoms with Gasteiger partial charge in [0.1, 0.15) is 5.82 Å². The Morgan fingerprint density at radius 3 is 2.36 bits per heavy atom. The van der Waals surface area contributed by atoms with Crippen molar-refractivity contribution in [2.45, 2.75) is 39.0 Å². The summed E-state index contributed by atoms with van der Waals surface area (Å²) in [7, 11) is 0. The van der Waals surface area contributed by atoms with Crippen molar-refractivity contribution in [1.29, 1.82) is 0 Å². The van der Waals surface area contributed by atoms with Gasteiger partial charge in [-0.15, -0.1) is 0 Å². The van der Waals surface area contributed by atoms with Crippen LogP contribution in [0.15, 0.2) is 42.5 Å². The van der Waals surface area contributed by atoms with Gasteiger partial charge in [0.05, 0.1) is 5.56 Å². The molecule has 2 nitrogen and oxygen atoms in total. The van der Waals surface area contributed by atoms with E-state index in [1.807, 2.05) is 6.07 Å². The fourth-order valence-corrected chi connectivity index (χ4v) is 3.37. The molecular weight excluding hydrogens is 322 g/mol. The quantitative estimate of drug-likeness (QED) is 0.537. The maximum absolute atomic E-state index is 14.3. The third kappa shape index (κ3) is 4.65. The zero-order valence-corrected chi connectivity index (χ0v) is 14.3. The van der Waals surface area contributed by atoms with E-state index in [4.69, 9.17) is 4.74 Å². The number of rotatable bonds is 4. The van der Waals surface area contributed by atoms with Crippen molar-refractivity contribution in [1.82, 2.24) is 0 Å². The van der Waals surface area contributed by atoms with Gasteiger partial charge in [-0.25, -0.2) is 13.6 Å². The largest absolute Gasteiger partial charge is 0.420 e. The van der Waals surface area contributed by atoms with E-state index in [-0.39, 0.29) is 11.3 Å². The Bertz CT molecular complexity index is 732.